The predicted octanol–water partition coefficient (Wildman–Crippen LogP) is 8.80. The van der Waals surface area contributed by atoms with Crippen LogP contribution in [0, 0.1) is 0 Å². The molecule has 3 aromatic carbocycles. The van der Waals surface area contributed by atoms with Gasteiger partial charge in [0.25, 0.3) is 0 Å². The third-order valence-corrected chi connectivity index (χ3v) is 6.76. The lowest BCUT2D eigenvalue weighted by Gasteiger charge is -2.20. The van der Waals surface area contributed by atoms with Gasteiger partial charge in [0, 0.05) is 5.92 Å². The number of unbranched alkanes of at least 4 members (excludes halogenated alkanes) is 5. The lowest BCUT2D eigenvalue weighted by molar-refractivity contribution is -0.134. The number of alkyl halides is 1. The van der Waals surface area contributed by atoms with E-state index in [0.29, 0.717) is 5.75 Å². The number of esters is 1. The van der Waals surface area contributed by atoms with Gasteiger partial charge in [0.2, 0.25) is 0 Å². The normalized spacial score (nSPS) is 12.7. The minimum atomic E-state index is -0.744. The van der Waals surface area contributed by atoms with Gasteiger partial charge in [-0.15, -0.1) is 11.6 Å². The molecule has 2 atom stereocenters. The minimum Gasteiger partial charge on any atom is -0.494 e. The molecule has 3 aromatic rings. The Morgan fingerprint density at radius 1 is 0.743 bits per heavy atom. The maximum Gasteiger partial charge on any atom is 0.330 e. The second kappa shape index (κ2) is 14.6. The summed E-state index contributed by atoms with van der Waals surface area (Å²) in [5, 5.41) is -0.744. The highest BCUT2D eigenvalue weighted by Gasteiger charge is 2.28. The third-order valence-electron chi connectivity index (χ3n) is 6.27. The predicted molar refractivity (Wildman–Crippen MR) is 145 cm³/mol. The molecule has 0 amide bonds. The Labute approximate surface area is 215 Å². The first-order valence-electron chi connectivity index (χ1n) is 12.9. The lowest BCUT2D eigenvalue weighted by atomic mass is 9.93. The minimum absolute atomic E-state index is 0.0913. The number of halogens is 1. The molecule has 0 saturated carbocycles. The molecular weight excluding hydrogens is 456 g/mol. The molecule has 0 fully saturated rings. The van der Waals surface area contributed by atoms with Crippen molar-refractivity contribution < 1.29 is 14.3 Å². The zero-order valence-electron chi connectivity index (χ0n) is 20.9. The number of carbonyl (C=O) groups is 1. The Bertz CT molecular complexity index is 1000. The summed E-state index contributed by atoms with van der Waals surface area (Å²) in [5.74, 6) is 0.865. The number of benzene rings is 3. The van der Waals surface area contributed by atoms with Gasteiger partial charge in [-0.25, -0.2) is 0 Å². The van der Waals surface area contributed by atoms with Crippen molar-refractivity contribution in [3.63, 3.8) is 0 Å². The molecule has 0 radical (unpaired) electrons. The zero-order valence-corrected chi connectivity index (χ0v) is 21.7. The summed E-state index contributed by atoms with van der Waals surface area (Å²) in [6.45, 7) is 5.03. The summed E-state index contributed by atoms with van der Waals surface area (Å²) in [5.41, 5.74) is 3.17. The van der Waals surface area contributed by atoms with E-state index < -0.39 is 11.3 Å². The molecule has 0 bridgehead atoms. The fourth-order valence-corrected chi connectivity index (χ4v) is 4.55. The average molecular weight is 493 g/mol. The van der Waals surface area contributed by atoms with E-state index in [2.05, 4.69) is 19.1 Å². The first-order valence-corrected chi connectivity index (χ1v) is 13.3. The molecule has 0 saturated heterocycles. The van der Waals surface area contributed by atoms with Crippen molar-refractivity contribution in [3.8, 4) is 22.6 Å². The van der Waals surface area contributed by atoms with Gasteiger partial charge >= 0.3 is 5.97 Å². The number of hydrogen-bond acceptors (Lipinski definition) is 3. The highest BCUT2D eigenvalue weighted by atomic mass is 35.5. The molecule has 0 aliphatic rings. The van der Waals surface area contributed by atoms with Crippen LogP contribution >= 0.6 is 11.6 Å². The van der Waals surface area contributed by atoms with Crippen LogP contribution < -0.4 is 9.47 Å². The number of hydrogen-bond donors (Lipinski definition) is 0. The van der Waals surface area contributed by atoms with Crippen LogP contribution in [0.2, 0.25) is 0 Å². The monoisotopic (exact) mass is 492 g/mol. The second-order valence-corrected chi connectivity index (χ2v) is 9.38. The van der Waals surface area contributed by atoms with Crippen LogP contribution in [0.5, 0.6) is 11.5 Å². The van der Waals surface area contributed by atoms with Crippen molar-refractivity contribution >= 4 is 17.6 Å². The van der Waals surface area contributed by atoms with Crippen LogP contribution in [-0.2, 0) is 4.79 Å². The van der Waals surface area contributed by atoms with Crippen molar-refractivity contribution in [2.24, 2.45) is 0 Å². The number of carbonyl (C=O) groups excluding carboxylic acids is 1. The molecule has 0 heterocycles. The lowest BCUT2D eigenvalue weighted by Crippen LogP contribution is -2.27. The molecule has 3 rings (SSSR count). The molecule has 0 spiro atoms. The van der Waals surface area contributed by atoms with Crippen LogP contribution in [0.3, 0.4) is 0 Å². The van der Waals surface area contributed by atoms with Gasteiger partial charge < -0.3 is 9.47 Å². The second-order valence-electron chi connectivity index (χ2n) is 8.91. The Kier molecular flexibility index (Phi) is 11.2. The summed E-state index contributed by atoms with van der Waals surface area (Å²) >= 11 is 6.51. The summed E-state index contributed by atoms with van der Waals surface area (Å²) in [6, 6.07) is 25.5. The van der Waals surface area contributed by atoms with Crippen molar-refractivity contribution in [2.75, 3.05) is 6.61 Å². The van der Waals surface area contributed by atoms with Crippen molar-refractivity contribution in [3.05, 3.63) is 84.4 Å². The maximum absolute atomic E-state index is 12.7. The summed E-state index contributed by atoms with van der Waals surface area (Å²) in [6.07, 6.45) is 8.29. The molecule has 0 N–H and O–H groups in total. The van der Waals surface area contributed by atoms with E-state index in [9.17, 15) is 4.79 Å². The Hall–Kier alpha value is -2.78. The number of ether oxygens (including phenoxy) is 2. The molecule has 2 unspecified atom stereocenters. The molecular formula is C31H37ClO3. The SMILES string of the molecule is CCCCCCCCOc1ccc(-c2ccc(OC(=O)C(Cl)C(CC)c3ccccc3)cc2)cc1. The smallest absolute Gasteiger partial charge is 0.330 e. The summed E-state index contributed by atoms with van der Waals surface area (Å²) < 4.78 is 11.5. The van der Waals surface area contributed by atoms with Gasteiger partial charge in [0.05, 0.1) is 6.61 Å². The molecule has 4 heteroatoms. The Morgan fingerprint density at radius 3 is 1.91 bits per heavy atom. The van der Waals surface area contributed by atoms with E-state index in [1.54, 1.807) is 0 Å². The van der Waals surface area contributed by atoms with Crippen molar-refractivity contribution in [1.82, 2.24) is 0 Å². The number of rotatable bonds is 14. The molecule has 0 aliphatic carbocycles. The zero-order chi connectivity index (χ0) is 24.9. The first-order chi connectivity index (χ1) is 17.1. The van der Waals surface area contributed by atoms with Gasteiger partial charge in [-0.05, 0) is 53.8 Å². The van der Waals surface area contributed by atoms with E-state index in [1.165, 1.54) is 32.1 Å². The van der Waals surface area contributed by atoms with E-state index in [0.717, 1.165) is 41.9 Å². The maximum atomic E-state index is 12.7. The standard InChI is InChI=1S/C31H37ClO3/c1-3-5-6-7-8-12-23-34-27-19-15-24(16-20-27)25-17-21-28(22-18-25)35-31(33)30(32)29(4-2)26-13-10-9-11-14-26/h9-11,13-22,29-30H,3-8,12,23H2,1-2H3. The first kappa shape index (κ1) is 26.8. The largest absolute Gasteiger partial charge is 0.494 e. The molecule has 35 heavy (non-hydrogen) atoms. The van der Waals surface area contributed by atoms with Gasteiger partial charge in [0.1, 0.15) is 16.9 Å². The highest BCUT2D eigenvalue weighted by Crippen LogP contribution is 2.29. The highest BCUT2D eigenvalue weighted by molar-refractivity contribution is 6.30. The van der Waals surface area contributed by atoms with Gasteiger partial charge in [-0.1, -0.05) is 101 Å². The molecule has 3 nitrogen and oxygen atoms in total. The van der Waals surface area contributed by atoms with Crippen molar-refractivity contribution in [1.29, 1.82) is 0 Å². The van der Waals surface area contributed by atoms with Crippen LogP contribution in [0.15, 0.2) is 78.9 Å². The van der Waals surface area contributed by atoms with Gasteiger partial charge in [-0.2, -0.15) is 0 Å². The Morgan fingerprint density at radius 2 is 1.31 bits per heavy atom. The van der Waals surface area contributed by atoms with E-state index >= 15 is 0 Å². The van der Waals surface area contributed by atoms with Crippen LogP contribution in [0.4, 0.5) is 0 Å². The molecule has 0 aliphatic heterocycles. The van der Waals surface area contributed by atoms with E-state index in [-0.39, 0.29) is 5.92 Å². The van der Waals surface area contributed by atoms with E-state index in [4.69, 9.17) is 21.1 Å². The van der Waals surface area contributed by atoms with Gasteiger partial charge in [-0.3, -0.25) is 4.79 Å². The Balaban J connectivity index is 1.50. The fraction of sp³-hybridized carbons (Fsp3) is 0.387. The van der Waals surface area contributed by atoms with Crippen molar-refractivity contribution in [2.45, 2.75) is 70.1 Å². The molecule has 0 aromatic heterocycles. The van der Waals surface area contributed by atoms with E-state index in [1.807, 2.05) is 73.7 Å². The summed E-state index contributed by atoms with van der Waals surface area (Å²) in [7, 11) is 0. The fourth-order valence-electron chi connectivity index (χ4n) is 4.18. The summed E-state index contributed by atoms with van der Waals surface area (Å²) in [4.78, 5) is 12.7. The van der Waals surface area contributed by atoms with Crippen LogP contribution in [0.1, 0.15) is 70.3 Å². The van der Waals surface area contributed by atoms with Crippen LogP contribution in [-0.4, -0.2) is 18.0 Å². The van der Waals surface area contributed by atoms with Gasteiger partial charge in [0.15, 0.2) is 0 Å². The quantitative estimate of drug-likeness (QED) is 0.0975. The topological polar surface area (TPSA) is 35.5 Å². The average Bonchev–Trinajstić information content (AvgIpc) is 2.90. The molecule has 186 valence electrons. The van der Waals surface area contributed by atoms with Crippen LogP contribution in [0.25, 0.3) is 11.1 Å². The third kappa shape index (κ3) is 8.43.